The van der Waals surface area contributed by atoms with E-state index in [1.807, 2.05) is 6.07 Å². The van der Waals surface area contributed by atoms with Crippen LogP contribution in [0.2, 0.25) is 5.02 Å². The summed E-state index contributed by atoms with van der Waals surface area (Å²) in [5, 5.41) is 8.13. The number of ether oxygens (including phenoxy) is 1. The van der Waals surface area contributed by atoms with Crippen molar-refractivity contribution in [1.29, 1.82) is 0 Å². The van der Waals surface area contributed by atoms with E-state index < -0.39 is 11.8 Å². The van der Waals surface area contributed by atoms with E-state index in [4.69, 9.17) is 16.3 Å². The van der Waals surface area contributed by atoms with E-state index in [1.165, 1.54) is 18.2 Å². The molecular formula is C22H26ClFN4O3. The molecule has 0 radical (unpaired) electrons. The average molecular weight is 449 g/mol. The van der Waals surface area contributed by atoms with Crippen molar-refractivity contribution in [3.05, 3.63) is 52.8 Å². The van der Waals surface area contributed by atoms with E-state index in [0.717, 1.165) is 31.6 Å². The van der Waals surface area contributed by atoms with Gasteiger partial charge in [0.15, 0.2) is 0 Å². The minimum atomic E-state index is -0.564. The lowest BCUT2D eigenvalue weighted by Gasteiger charge is -2.22. The summed E-state index contributed by atoms with van der Waals surface area (Å²) in [7, 11) is 1.62. The minimum Gasteiger partial charge on any atom is -0.385 e. The number of carbonyl (C=O) groups is 2. The zero-order chi connectivity index (χ0) is 22.2. The monoisotopic (exact) mass is 448 g/mol. The second-order valence-electron chi connectivity index (χ2n) is 7.24. The van der Waals surface area contributed by atoms with Gasteiger partial charge in [-0.3, -0.25) is 4.79 Å². The first kappa shape index (κ1) is 22.8. The van der Waals surface area contributed by atoms with Crippen LogP contribution in [-0.4, -0.2) is 45.3 Å². The lowest BCUT2D eigenvalue weighted by atomic mass is 10.1. The van der Waals surface area contributed by atoms with Crippen molar-refractivity contribution in [3.63, 3.8) is 0 Å². The Labute approximate surface area is 185 Å². The van der Waals surface area contributed by atoms with Gasteiger partial charge in [0.1, 0.15) is 5.82 Å². The topological polar surface area (TPSA) is 82.7 Å². The van der Waals surface area contributed by atoms with Gasteiger partial charge < -0.3 is 25.6 Å². The second-order valence-corrected chi connectivity index (χ2v) is 7.64. The number of amides is 3. The minimum absolute atomic E-state index is 0.0832. The Morgan fingerprint density at radius 3 is 2.45 bits per heavy atom. The van der Waals surface area contributed by atoms with E-state index in [0.29, 0.717) is 36.5 Å². The van der Waals surface area contributed by atoms with E-state index >= 15 is 0 Å². The first-order chi connectivity index (χ1) is 15.0. The molecule has 166 valence electrons. The van der Waals surface area contributed by atoms with Crippen LogP contribution in [0.5, 0.6) is 0 Å². The van der Waals surface area contributed by atoms with Gasteiger partial charge in [0.2, 0.25) is 0 Å². The number of carbonyl (C=O) groups excluding carboxylic acids is 2. The molecule has 0 spiro atoms. The second kappa shape index (κ2) is 11.0. The van der Waals surface area contributed by atoms with E-state index in [2.05, 4.69) is 20.9 Å². The van der Waals surface area contributed by atoms with Gasteiger partial charge >= 0.3 is 6.03 Å². The van der Waals surface area contributed by atoms with Crippen LogP contribution in [0.4, 0.5) is 26.2 Å². The lowest BCUT2D eigenvalue weighted by Crippen LogP contribution is -2.29. The van der Waals surface area contributed by atoms with Crippen molar-refractivity contribution < 1.29 is 18.7 Å². The van der Waals surface area contributed by atoms with Gasteiger partial charge in [-0.1, -0.05) is 11.6 Å². The van der Waals surface area contributed by atoms with Crippen LogP contribution in [0, 0.1) is 5.82 Å². The first-order valence-corrected chi connectivity index (χ1v) is 10.5. The fourth-order valence-electron chi connectivity index (χ4n) is 3.41. The largest absolute Gasteiger partial charge is 0.385 e. The van der Waals surface area contributed by atoms with Crippen molar-refractivity contribution in [3.8, 4) is 0 Å². The van der Waals surface area contributed by atoms with Gasteiger partial charge in [-0.05, 0) is 55.7 Å². The molecule has 3 rings (SSSR count). The Bertz CT molecular complexity index is 935. The zero-order valence-corrected chi connectivity index (χ0v) is 18.1. The lowest BCUT2D eigenvalue weighted by molar-refractivity contribution is 0.0949. The Kier molecular flexibility index (Phi) is 8.08. The van der Waals surface area contributed by atoms with Crippen molar-refractivity contribution in [2.75, 3.05) is 48.9 Å². The van der Waals surface area contributed by atoms with Crippen molar-refractivity contribution in [1.82, 2.24) is 5.32 Å². The number of hydrogen-bond acceptors (Lipinski definition) is 4. The molecule has 3 amide bonds. The Balaban J connectivity index is 1.73. The molecule has 0 aliphatic carbocycles. The fourth-order valence-corrected chi connectivity index (χ4v) is 3.59. The summed E-state index contributed by atoms with van der Waals surface area (Å²) in [5.41, 5.74) is 2.17. The van der Waals surface area contributed by atoms with Crippen LogP contribution >= 0.6 is 11.6 Å². The SMILES string of the molecule is COCCCNC(=O)c1cc(NC(=O)Nc2ccc(F)c(Cl)c2)ccc1N1CCCC1. The molecule has 1 aliphatic rings. The van der Waals surface area contributed by atoms with E-state index in [-0.39, 0.29) is 10.9 Å². The molecule has 3 N–H and O–H groups in total. The van der Waals surface area contributed by atoms with E-state index in [1.54, 1.807) is 19.2 Å². The highest BCUT2D eigenvalue weighted by molar-refractivity contribution is 6.31. The molecule has 1 fully saturated rings. The number of anilines is 3. The Morgan fingerprint density at radius 1 is 1.10 bits per heavy atom. The van der Waals surface area contributed by atoms with Crippen molar-refractivity contribution in [2.45, 2.75) is 19.3 Å². The number of hydrogen-bond donors (Lipinski definition) is 3. The summed E-state index contributed by atoms with van der Waals surface area (Å²) >= 11 is 5.75. The normalized spacial score (nSPS) is 13.2. The van der Waals surface area contributed by atoms with Gasteiger partial charge in [0, 0.05) is 50.4 Å². The predicted octanol–water partition coefficient (Wildman–Crippen LogP) is 4.49. The average Bonchev–Trinajstić information content (AvgIpc) is 3.28. The van der Waals surface area contributed by atoms with Crippen LogP contribution in [-0.2, 0) is 4.74 Å². The number of urea groups is 1. The van der Waals surface area contributed by atoms with Gasteiger partial charge in [0.25, 0.3) is 5.91 Å². The molecule has 31 heavy (non-hydrogen) atoms. The number of nitrogens with one attached hydrogen (secondary N) is 3. The maximum atomic E-state index is 13.3. The predicted molar refractivity (Wildman–Crippen MR) is 121 cm³/mol. The Morgan fingerprint density at radius 2 is 1.77 bits per heavy atom. The molecule has 0 unspecified atom stereocenters. The summed E-state index contributed by atoms with van der Waals surface area (Å²) in [6, 6.07) is 8.66. The molecule has 0 saturated carbocycles. The summed E-state index contributed by atoms with van der Waals surface area (Å²) in [6.07, 6.45) is 2.87. The summed E-state index contributed by atoms with van der Waals surface area (Å²) in [4.78, 5) is 27.4. The molecule has 2 aromatic carbocycles. The summed E-state index contributed by atoms with van der Waals surface area (Å²) in [5.74, 6) is -0.765. The molecule has 1 saturated heterocycles. The van der Waals surface area contributed by atoms with Gasteiger partial charge in [-0.2, -0.15) is 0 Å². The number of rotatable bonds is 8. The smallest absolute Gasteiger partial charge is 0.323 e. The summed E-state index contributed by atoms with van der Waals surface area (Å²) < 4.78 is 18.3. The molecule has 0 atom stereocenters. The molecule has 1 heterocycles. The van der Waals surface area contributed by atoms with Gasteiger partial charge in [-0.25, -0.2) is 9.18 Å². The number of halogens is 2. The molecular weight excluding hydrogens is 423 g/mol. The molecule has 9 heteroatoms. The maximum absolute atomic E-state index is 13.3. The van der Waals surface area contributed by atoms with Crippen LogP contribution in [0.1, 0.15) is 29.6 Å². The molecule has 0 bridgehead atoms. The highest BCUT2D eigenvalue weighted by atomic mass is 35.5. The first-order valence-electron chi connectivity index (χ1n) is 10.2. The standard InChI is InChI=1S/C22H26ClFN4O3/c1-31-12-4-9-25-21(29)17-13-15(6-8-20(17)28-10-2-3-11-28)26-22(30)27-16-5-7-19(24)18(23)14-16/h5-8,13-14H,2-4,9-12H2,1H3,(H,25,29)(H2,26,27,30). The zero-order valence-electron chi connectivity index (χ0n) is 17.3. The fraction of sp³-hybridized carbons (Fsp3) is 0.364. The highest BCUT2D eigenvalue weighted by Crippen LogP contribution is 2.28. The Hall–Kier alpha value is -2.84. The third kappa shape index (κ3) is 6.32. The van der Waals surface area contributed by atoms with Crippen molar-refractivity contribution in [2.24, 2.45) is 0 Å². The maximum Gasteiger partial charge on any atom is 0.323 e. The van der Waals surface area contributed by atoms with Gasteiger partial charge in [0.05, 0.1) is 10.6 Å². The number of nitrogens with zero attached hydrogens (tertiary/aromatic N) is 1. The van der Waals surface area contributed by atoms with E-state index in [9.17, 15) is 14.0 Å². The number of benzene rings is 2. The molecule has 7 nitrogen and oxygen atoms in total. The van der Waals surface area contributed by atoms with Crippen LogP contribution in [0.25, 0.3) is 0 Å². The van der Waals surface area contributed by atoms with Crippen LogP contribution < -0.4 is 20.9 Å². The number of methoxy groups -OCH3 is 1. The summed E-state index contributed by atoms with van der Waals surface area (Å²) in [6.45, 7) is 2.84. The molecule has 0 aromatic heterocycles. The van der Waals surface area contributed by atoms with Crippen LogP contribution in [0.15, 0.2) is 36.4 Å². The van der Waals surface area contributed by atoms with Crippen molar-refractivity contribution >= 4 is 40.6 Å². The quantitative estimate of drug-likeness (QED) is 0.519. The molecule has 1 aliphatic heterocycles. The van der Waals surface area contributed by atoms with Crippen LogP contribution in [0.3, 0.4) is 0 Å². The van der Waals surface area contributed by atoms with Gasteiger partial charge in [-0.15, -0.1) is 0 Å². The highest BCUT2D eigenvalue weighted by Gasteiger charge is 2.20. The molecule has 2 aromatic rings. The third-order valence-electron chi connectivity index (χ3n) is 4.93. The third-order valence-corrected chi connectivity index (χ3v) is 5.22.